The molecule has 0 heterocycles. The van der Waals surface area contributed by atoms with E-state index in [1.807, 2.05) is 0 Å². The van der Waals surface area contributed by atoms with E-state index in [1.165, 1.54) is 173 Å². The fourth-order valence-corrected chi connectivity index (χ4v) is 12.9. The Bertz CT molecular complexity index is 1850. The molecular formula is C75H146O17P2. The predicted octanol–water partition coefficient (Wildman–Crippen LogP) is 21.7. The molecule has 19 heteroatoms. The van der Waals surface area contributed by atoms with Gasteiger partial charge in [-0.15, -0.1) is 0 Å². The first-order valence-corrected chi connectivity index (χ1v) is 41.7. The van der Waals surface area contributed by atoms with Gasteiger partial charge in [-0.2, -0.15) is 0 Å². The minimum Gasteiger partial charge on any atom is -0.462 e. The summed E-state index contributed by atoms with van der Waals surface area (Å²) in [4.78, 5) is 72.7. The maximum atomic E-state index is 13.1. The van der Waals surface area contributed by atoms with Crippen LogP contribution in [0, 0.1) is 23.7 Å². The smallest absolute Gasteiger partial charge is 0.462 e. The zero-order valence-corrected chi connectivity index (χ0v) is 63.4. The molecule has 0 aliphatic heterocycles. The monoisotopic (exact) mass is 1380 g/mol. The van der Waals surface area contributed by atoms with Crippen molar-refractivity contribution in [1.29, 1.82) is 0 Å². The van der Waals surface area contributed by atoms with Crippen molar-refractivity contribution in [2.75, 3.05) is 39.6 Å². The molecule has 558 valence electrons. The third-order valence-electron chi connectivity index (χ3n) is 17.7. The highest BCUT2D eigenvalue weighted by atomic mass is 31.2. The van der Waals surface area contributed by atoms with Gasteiger partial charge in [0, 0.05) is 25.7 Å². The van der Waals surface area contributed by atoms with Gasteiger partial charge in [0.05, 0.1) is 26.4 Å². The number of aliphatic hydroxyl groups excluding tert-OH is 1. The van der Waals surface area contributed by atoms with Crippen molar-refractivity contribution in [1.82, 2.24) is 0 Å². The Morgan fingerprint density at radius 2 is 0.511 bits per heavy atom. The zero-order valence-electron chi connectivity index (χ0n) is 61.6. The molecule has 0 amide bonds. The molecule has 0 aromatic heterocycles. The molecule has 0 aliphatic carbocycles. The Morgan fingerprint density at radius 3 is 0.755 bits per heavy atom. The standard InChI is InChI=1S/C75H146O17P2/c1-9-68(8)54-46-38-30-21-18-19-23-32-41-49-57-74(79)91-70(61-85-72(77)55-47-39-31-22-17-15-13-11-10-12-14-16-20-27-35-43-51-65(2)3)63-89-93(81,82)87-59-69(76)60-88-94(83,84)90-64-71(62-86-73(78)56-48-40-34-26-29-37-45-53-67(6)7)92-75(80)58-50-42-33-25-24-28-36-44-52-66(4)5/h65-71,76H,9-64H2,1-8H3,(H,81,82)(H,83,84)/t68?,69?,70-,71-/m1/s1. The van der Waals surface area contributed by atoms with Crippen molar-refractivity contribution in [3.63, 3.8) is 0 Å². The first-order chi connectivity index (χ1) is 45.1. The average Bonchev–Trinajstić information content (AvgIpc) is 1.65. The molecule has 17 nitrogen and oxygen atoms in total. The number of carbonyl (C=O) groups excluding carboxylic acids is 4. The molecule has 0 aromatic rings. The summed E-state index contributed by atoms with van der Waals surface area (Å²) in [6.07, 6.45) is 48.7. The highest BCUT2D eigenvalue weighted by molar-refractivity contribution is 7.47. The zero-order chi connectivity index (χ0) is 69.6. The summed E-state index contributed by atoms with van der Waals surface area (Å²) in [6.45, 7) is 14.1. The lowest BCUT2D eigenvalue weighted by Crippen LogP contribution is -2.30. The maximum absolute atomic E-state index is 13.1. The summed E-state index contributed by atoms with van der Waals surface area (Å²) in [5.41, 5.74) is 0. The lowest BCUT2D eigenvalue weighted by molar-refractivity contribution is -0.161. The molecule has 0 aliphatic rings. The number of carbonyl (C=O) groups is 4. The third kappa shape index (κ3) is 67.3. The van der Waals surface area contributed by atoms with E-state index in [0.29, 0.717) is 31.6 Å². The van der Waals surface area contributed by atoms with E-state index < -0.39 is 97.5 Å². The van der Waals surface area contributed by atoms with Gasteiger partial charge in [-0.05, 0) is 49.4 Å². The fraction of sp³-hybridized carbons (Fsp3) is 0.947. The van der Waals surface area contributed by atoms with Crippen LogP contribution in [0.25, 0.3) is 0 Å². The van der Waals surface area contributed by atoms with Crippen LogP contribution in [0.3, 0.4) is 0 Å². The topological polar surface area (TPSA) is 237 Å². The number of unbranched alkanes of at least 4 members (excludes halogenated alkanes) is 37. The van der Waals surface area contributed by atoms with Crippen LogP contribution in [0.5, 0.6) is 0 Å². The van der Waals surface area contributed by atoms with E-state index in [2.05, 4.69) is 55.4 Å². The van der Waals surface area contributed by atoms with Crippen LogP contribution in [0.4, 0.5) is 0 Å². The normalized spacial score (nSPS) is 14.4. The van der Waals surface area contributed by atoms with Crippen LogP contribution in [0.15, 0.2) is 0 Å². The quantitative estimate of drug-likeness (QED) is 0.0222. The molecular weight excluding hydrogens is 1230 g/mol. The predicted molar refractivity (Wildman–Crippen MR) is 381 cm³/mol. The van der Waals surface area contributed by atoms with Gasteiger partial charge in [0.2, 0.25) is 0 Å². The van der Waals surface area contributed by atoms with Crippen LogP contribution >= 0.6 is 15.6 Å². The minimum absolute atomic E-state index is 0.103. The molecule has 94 heavy (non-hydrogen) atoms. The van der Waals surface area contributed by atoms with E-state index in [4.69, 9.17) is 37.0 Å². The van der Waals surface area contributed by atoms with E-state index in [0.717, 1.165) is 114 Å². The third-order valence-corrected chi connectivity index (χ3v) is 19.6. The van der Waals surface area contributed by atoms with Crippen molar-refractivity contribution >= 4 is 39.5 Å². The Labute approximate surface area is 575 Å². The summed E-state index contributed by atoms with van der Waals surface area (Å²) < 4.78 is 68.4. The Kier molecular flexibility index (Phi) is 63.1. The van der Waals surface area contributed by atoms with Crippen LogP contribution in [0.1, 0.15) is 376 Å². The second-order valence-electron chi connectivity index (χ2n) is 28.7. The molecule has 0 saturated heterocycles. The van der Waals surface area contributed by atoms with Gasteiger partial charge in [-0.25, -0.2) is 9.13 Å². The molecule has 6 atom stereocenters. The van der Waals surface area contributed by atoms with Crippen molar-refractivity contribution in [2.24, 2.45) is 23.7 Å². The maximum Gasteiger partial charge on any atom is 0.472 e. The summed E-state index contributed by atoms with van der Waals surface area (Å²) in [7, 11) is -9.91. The second kappa shape index (κ2) is 64.4. The lowest BCUT2D eigenvalue weighted by atomic mass is 9.99. The van der Waals surface area contributed by atoms with Crippen molar-refractivity contribution in [3.8, 4) is 0 Å². The van der Waals surface area contributed by atoms with Gasteiger partial charge in [0.1, 0.15) is 19.3 Å². The SMILES string of the molecule is CCC(C)CCCCCCCCCCCCC(=O)O[C@H](COC(=O)CCCCCCCCCCCCCCCCCCC(C)C)COP(=O)(O)OCC(O)COP(=O)(O)OC[C@@H](COC(=O)CCCCCCCCCC(C)C)OC(=O)CCCCCCCCCCC(C)C. The summed E-state index contributed by atoms with van der Waals surface area (Å²) in [6, 6.07) is 0. The number of hydrogen-bond acceptors (Lipinski definition) is 15. The number of hydrogen-bond donors (Lipinski definition) is 3. The Hall–Kier alpha value is -1.94. The first kappa shape index (κ1) is 92.1. The van der Waals surface area contributed by atoms with Gasteiger partial charge in [-0.1, -0.05) is 325 Å². The van der Waals surface area contributed by atoms with Gasteiger partial charge < -0.3 is 33.8 Å². The lowest BCUT2D eigenvalue weighted by Gasteiger charge is -2.21. The molecule has 0 radical (unpaired) electrons. The molecule has 0 bridgehead atoms. The Balaban J connectivity index is 5.22. The van der Waals surface area contributed by atoms with Gasteiger partial charge in [-0.3, -0.25) is 37.3 Å². The number of rotatable bonds is 72. The molecule has 0 aromatic carbocycles. The fourth-order valence-electron chi connectivity index (χ4n) is 11.3. The van der Waals surface area contributed by atoms with Gasteiger partial charge in [0.25, 0.3) is 0 Å². The van der Waals surface area contributed by atoms with Gasteiger partial charge in [0.15, 0.2) is 12.2 Å². The summed E-state index contributed by atoms with van der Waals surface area (Å²) in [5.74, 6) is 0.914. The van der Waals surface area contributed by atoms with Crippen molar-refractivity contribution in [3.05, 3.63) is 0 Å². The summed E-state index contributed by atoms with van der Waals surface area (Å²) in [5, 5.41) is 10.6. The minimum atomic E-state index is -4.96. The number of aliphatic hydroxyl groups is 1. The second-order valence-corrected chi connectivity index (χ2v) is 31.6. The highest BCUT2D eigenvalue weighted by Crippen LogP contribution is 2.45. The van der Waals surface area contributed by atoms with E-state index in [9.17, 15) is 43.2 Å². The average molecular weight is 1380 g/mol. The van der Waals surface area contributed by atoms with E-state index in [1.54, 1.807) is 0 Å². The van der Waals surface area contributed by atoms with Crippen molar-refractivity contribution < 1.29 is 80.2 Å². The molecule has 3 N–H and O–H groups in total. The van der Waals surface area contributed by atoms with Crippen LogP contribution in [-0.2, 0) is 65.4 Å². The van der Waals surface area contributed by atoms with Gasteiger partial charge >= 0.3 is 39.5 Å². The number of phosphoric ester groups is 2. The summed E-state index contributed by atoms with van der Waals surface area (Å²) >= 11 is 0. The van der Waals surface area contributed by atoms with E-state index in [-0.39, 0.29) is 25.7 Å². The molecule has 4 unspecified atom stereocenters. The molecule has 0 fully saturated rings. The highest BCUT2D eigenvalue weighted by Gasteiger charge is 2.30. The van der Waals surface area contributed by atoms with Crippen molar-refractivity contribution in [2.45, 2.75) is 395 Å². The molecule has 0 saturated carbocycles. The molecule has 0 rings (SSSR count). The largest absolute Gasteiger partial charge is 0.472 e. The number of phosphoric acid groups is 2. The van der Waals surface area contributed by atoms with Crippen LogP contribution in [0.2, 0.25) is 0 Å². The van der Waals surface area contributed by atoms with E-state index >= 15 is 0 Å². The number of ether oxygens (including phenoxy) is 4. The first-order valence-electron chi connectivity index (χ1n) is 38.7. The van der Waals surface area contributed by atoms with Crippen LogP contribution < -0.4 is 0 Å². The number of esters is 4. The Morgan fingerprint density at radius 1 is 0.298 bits per heavy atom. The van der Waals surface area contributed by atoms with Crippen LogP contribution in [-0.4, -0.2) is 96.7 Å². The molecule has 0 spiro atoms.